The average Bonchev–Trinajstić information content (AvgIpc) is 3.65. The number of fused-ring (bicyclic) bond motifs is 2. The molecule has 1 aliphatic heterocycles. The van der Waals surface area contributed by atoms with Crippen LogP contribution in [0.25, 0.3) is 22.3 Å². The largest absolute Gasteiger partial charge is 0.311 e. The molecule has 3 nitrogen and oxygen atoms in total. The van der Waals surface area contributed by atoms with E-state index < -0.39 is 5.41 Å². The highest BCUT2D eigenvalue weighted by Crippen LogP contribution is 2.58. The lowest BCUT2D eigenvalue weighted by Crippen LogP contribution is -2.38. The fraction of sp³-hybridized carbons (Fsp3) is 0.132. The van der Waals surface area contributed by atoms with Gasteiger partial charge in [0.25, 0.3) is 0 Å². The standard InChI is InChI=1S/C76H69N3/c1-11-65(77(74-49-53(4)46-55(6)58(74)9)66-39-30-62(31-40-66)60-20-14-12-15-21-60)38-29-57(8)76(70-24-18-19-25-72(70)79(69-36-26-51(2)27-37-69)73-45-28-52(3)48-71(73)76)64-34-43-68(44-35-64)78(75-50-54(5)47-56(7)59(75)10)67-41-32-63(33-42-67)61-22-16-13-17-23-61/h11-50H,8H2,1-7,9-10H3/b38-29-,65-11+. The maximum Gasteiger partial charge on any atom is 0.0736 e. The number of aryl methyl sites for hydroxylation is 6. The Morgan fingerprint density at radius 2 is 0.899 bits per heavy atom. The minimum atomic E-state index is -0.830. The Balaban J connectivity index is 1.10. The first-order valence-corrected chi connectivity index (χ1v) is 27.6. The minimum Gasteiger partial charge on any atom is -0.311 e. The number of hydrogen-bond donors (Lipinski definition) is 0. The molecule has 1 aliphatic rings. The summed E-state index contributed by atoms with van der Waals surface area (Å²) in [7, 11) is 0. The number of hydrogen-bond acceptors (Lipinski definition) is 3. The molecule has 0 aliphatic carbocycles. The second-order valence-corrected chi connectivity index (χ2v) is 21.5. The molecule has 0 aromatic heterocycles. The van der Waals surface area contributed by atoms with E-state index in [4.69, 9.17) is 6.58 Å². The molecular formula is C76H69N3. The Morgan fingerprint density at radius 1 is 0.418 bits per heavy atom. The number of allylic oxidation sites excluding steroid dienone is 4. The van der Waals surface area contributed by atoms with Crippen LogP contribution in [0.2, 0.25) is 0 Å². The molecule has 1 atom stereocenters. The van der Waals surface area contributed by atoms with Gasteiger partial charge >= 0.3 is 0 Å². The summed E-state index contributed by atoms with van der Waals surface area (Å²) < 4.78 is 0. The predicted molar refractivity (Wildman–Crippen MR) is 338 cm³/mol. The predicted octanol–water partition coefficient (Wildman–Crippen LogP) is 20.9. The summed E-state index contributed by atoms with van der Waals surface area (Å²) >= 11 is 0. The maximum absolute atomic E-state index is 5.22. The highest BCUT2D eigenvalue weighted by molar-refractivity contribution is 5.91. The summed E-state index contributed by atoms with van der Waals surface area (Å²) in [4.78, 5) is 7.28. The topological polar surface area (TPSA) is 9.72 Å². The fourth-order valence-corrected chi connectivity index (χ4v) is 11.9. The van der Waals surface area contributed by atoms with Crippen LogP contribution < -0.4 is 14.7 Å². The second kappa shape index (κ2) is 21.7. The number of para-hydroxylation sites is 1. The number of nitrogens with zero attached hydrogens (tertiary/aromatic N) is 3. The zero-order valence-corrected chi connectivity index (χ0v) is 47.1. The first-order chi connectivity index (χ1) is 38.3. The van der Waals surface area contributed by atoms with E-state index in [1.54, 1.807) is 0 Å². The lowest BCUT2D eigenvalue weighted by atomic mass is 9.62. The van der Waals surface area contributed by atoms with Crippen molar-refractivity contribution in [2.45, 2.75) is 67.7 Å². The molecule has 0 amide bonds. The molecule has 388 valence electrons. The fourth-order valence-electron chi connectivity index (χ4n) is 11.9. The van der Waals surface area contributed by atoms with E-state index in [2.05, 4.69) is 320 Å². The summed E-state index contributed by atoms with van der Waals surface area (Å²) in [5, 5.41) is 0. The van der Waals surface area contributed by atoms with Gasteiger partial charge in [0.2, 0.25) is 0 Å². The molecule has 79 heavy (non-hydrogen) atoms. The van der Waals surface area contributed by atoms with Gasteiger partial charge in [0.05, 0.1) is 16.8 Å². The monoisotopic (exact) mass is 1020 g/mol. The number of rotatable bonds is 13. The van der Waals surface area contributed by atoms with E-state index in [9.17, 15) is 0 Å². The third-order valence-electron chi connectivity index (χ3n) is 16.2. The number of anilines is 8. The summed E-state index contributed by atoms with van der Waals surface area (Å²) in [5.41, 5.74) is 28.1. The molecule has 11 rings (SSSR count). The summed E-state index contributed by atoms with van der Waals surface area (Å²) in [6.07, 6.45) is 6.81. The van der Waals surface area contributed by atoms with E-state index in [-0.39, 0.29) is 0 Å². The smallest absolute Gasteiger partial charge is 0.0736 e. The van der Waals surface area contributed by atoms with E-state index in [0.29, 0.717) is 0 Å². The van der Waals surface area contributed by atoms with Gasteiger partial charge in [0, 0.05) is 39.8 Å². The molecule has 10 aromatic carbocycles. The van der Waals surface area contributed by atoms with Gasteiger partial charge in [0.1, 0.15) is 0 Å². The summed E-state index contributed by atoms with van der Waals surface area (Å²) in [5.74, 6) is 0. The van der Waals surface area contributed by atoms with Crippen molar-refractivity contribution in [2.75, 3.05) is 14.7 Å². The van der Waals surface area contributed by atoms with Crippen molar-refractivity contribution in [1.82, 2.24) is 0 Å². The molecule has 0 bridgehead atoms. The second-order valence-electron chi connectivity index (χ2n) is 21.5. The Kier molecular flexibility index (Phi) is 14.2. The minimum absolute atomic E-state index is 0.830. The molecule has 0 fully saturated rings. The van der Waals surface area contributed by atoms with Gasteiger partial charge in [-0.1, -0.05) is 182 Å². The van der Waals surface area contributed by atoms with Gasteiger partial charge in [-0.3, -0.25) is 0 Å². The highest BCUT2D eigenvalue weighted by atomic mass is 15.2. The van der Waals surface area contributed by atoms with Gasteiger partial charge in [0.15, 0.2) is 0 Å². The van der Waals surface area contributed by atoms with Gasteiger partial charge in [-0.05, 0) is 219 Å². The zero-order chi connectivity index (χ0) is 55.0. The van der Waals surface area contributed by atoms with Gasteiger partial charge < -0.3 is 14.7 Å². The van der Waals surface area contributed by atoms with Gasteiger partial charge in [-0.2, -0.15) is 0 Å². The van der Waals surface area contributed by atoms with Crippen molar-refractivity contribution in [3.05, 3.63) is 322 Å². The Hall–Kier alpha value is -9.18. The Morgan fingerprint density at radius 3 is 1.48 bits per heavy atom. The maximum atomic E-state index is 5.22. The Labute approximate surface area is 469 Å². The van der Waals surface area contributed by atoms with Crippen LogP contribution in [0.4, 0.5) is 45.5 Å². The lowest BCUT2D eigenvalue weighted by Gasteiger charge is -2.47. The third kappa shape index (κ3) is 9.72. The summed E-state index contributed by atoms with van der Waals surface area (Å²) in [6.45, 7) is 25.0. The normalized spacial score (nSPS) is 14.0. The van der Waals surface area contributed by atoms with E-state index in [0.717, 1.165) is 67.9 Å². The van der Waals surface area contributed by atoms with Crippen molar-refractivity contribution < 1.29 is 0 Å². The van der Waals surface area contributed by atoms with Crippen molar-refractivity contribution >= 4 is 45.5 Å². The SMILES string of the molecule is C=C(/C=C\C(=C/C)N(c1ccc(-c2ccccc2)cc1)c1cc(C)cc(C)c1C)C1(c2ccc(N(c3ccc(-c4ccccc4)cc3)c3cc(C)cc(C)c3C)cc2)c2ccccc2N(c2ccc(C)cc2)c2ccc(C)cc21. The quantitative estimate of drug-likeness (QED) is 0.107. The van der Waals surface area contributed by atoms with Crippen LogP contribution in [0.1, 0.15) is 68.1 Å². The first-order valence-electron chi connectivity index (χ1n) is 27.6. The van der Waals surface area contributed by atoms with E-state index >= 15 is 0 Å². The van der Waals surface area contributed by atoms with Crippen LogP contribution in [-0.4, -0.2) is 0 Å². The molecule has 1 heterocycles. The molecule has 1 unspecified atom stereocenters. The highest BCUT2D eigenvalue weighted by Gasteiger charge is 2.46. The first kappa shape index (κ1) is 51.9. The van der Waals surface area contributed by atoms with Crippen LogP contribution in [-0.2, 0) is 5.41 Å². The van der Waals surface area contributed by atoms with Crippen molar-refractivity contribution in [3.63, 3.8) is 0 Å². The molecule has 3 heteroatoms. The molecule has 0 spiro atoms. The molecule has 0 saturated heterocycles. The summed E-state index contributed by atoms with van der Waals surface area (Å²) in [6, 6.07) is 82.6. The van der Waals surface area contributed by atoms with Crippen molar-refractivity contribution in [2.24, 2.45) is 0 Å². The van der Waals surface area contributed by atoms with Crippen LogP contribution in [0, 0.1) is 55.4 Å². The molecule has 0 saturated carbocycles. The van der Waals surface area contributed by atoms with Crippen LogP contribution in [0.5, 0.6) is 0 Å². The van der Waals surface area contributed by atoms with Crippen LogP contribution in [0.15, 0.2) is 261 Å². The van der Waals surface area contributed by atoms with E-state index in [1.165, 1.54) is 72.3 Å². The third-order valence-corrected chi connectivity index (χ3v) is 16.2. The molecular weight excluding hydrogens is 955 g/mol. The number of benzene rings is 10. The van der Waals surface area contributed by atoms with Gasteiger partial charge in [-0.25, -0.2) is 0 Å². The van der Waals surface area contributed by atoms with Crippen LogP contribution in [0.3, 0.4) is 0 Å². The molecule has 10 aromatic rings. The van der Waals surface area contributed by atoms with Gasteiger partial charge in [-0.15, -0.1) is 0 Å². The van der Waals surface area contributed by atoms with E-state index in [1.807, 2.05) is 0 Å². The Bertz CT molecular complexity index is 3920. The molecule has 0 radical (unpaired) electrons. The zero-order valence-electron chi connectivity index (χ0n) is 47.1. The van der Waals surface area contributed by atoms with Crippen molar-refractivity contribution in [3.8, 4) is 22.3 Å². The molecule has 0 N–H and O–H groups in total. The lowest BCUT2D eigenvalue weighted by molar-refractivity contribution is 0.731. The van der Waals surface area contributed by atoms with Crippen LogP contribution >= 0.6 is 0 Å². The average molecular weight is 1020 g/mol. The van der Waals surface area contributed by atoms with Crippen molar-refractivity contribution in [1.29, 1.82) is 0 Å².